The maximum Gasteiger partial charge on any atom is 0.118 e. The molecule has 20 heavy (non-hydrogen) atoms. The van der Waals surface area contributed by atoms with Gasteiger partial charge in [0.25, 0.3) is 0 Å². The molecule has 0 amide bonds. The molecule has 0 aliphatic carbocycles. The van der Waals surface area contributed by atoms with Crippen molar-refractivity contribution in [2.75, 3.05) is 20.2 Å². The predicted octanol–water partition coefficient (Wildman–Crippen LogP) is 2.66. The summed E-state index contributed by atoms with van der Waals surface area (Å²) in [6.45, 7) is 4.09. The maximum atomic E-state index is 9.94. The van der Waals surface area contributed by atoms with Crippen LogP contribution in [0.1, 0.15) is 16.4 Å². The number of likely N-dealkylation sites (N-methyl/N-ethyl adjacent to an activating group) is 1. The van der Waals surface area contributed by atoms with Gasteiger partial charge in [0.1, 0.15) is 11.5 Å². The minimum atomic E-state index is -0.490. The lowest BCUT2D eigenvalue weighted by Crippen LogP contribution is -2.31. The molecule has 5 heteroatoms. The topological polar surface area (TPSA) is 45.8 Å². The van der Waals surface area contributed by atoms with Crippen LogP contribution >= 0.6 is 11.3 Å². The van der Waals surface area contributed by atoms with E-state index in [4.69, 9.17) is 9.15 Å². The highest BCUT2D eigenvalue weighted by atomic mass is 32.1. The van der Waals surface area contributed by atoms with Crippen LogP contribution in [0.15, 0.2) is 34.1 Å². The van der Waals surface area contributed by atoms with Crippen LogP contribution in [0.25, 0.3) is 0 Å². The molecule has 110 valence electrons. The van der Waals surface area contributed by atoms with E-state index in [9.17, 15) is 5.11 Å². The molecule has 2 heterocycles. The number of aliphatic hydroxyl groups is 1. The van der Waals surface area contributed by atoms with E-state index in [1.54, 1.807) is 11.3 Å². The number of rotatable bonds is 8. The molecule has 2 aromatic rings. The monoisotopic (exact) mass is 295 g/mol. The van der Waals surface area contributed by atoms with Gasteiger partial charge in [-0.25, -0.2) is 0 Å². The fourth-order valence-electron chi connectivity index (χ4n) is 2.00. The van der Waals surface area contributed by atoms with Crippen molar-refractivity contribution < 1.29 is 14.3 Å². The van der Waals surface area contributed by atoms with E-state index in [1.165, 1.54) is 4.88 Å². The van der Waals surface area contributed by atoms with E-state index in [0.717, 1.165) is 11.5 Å². The molecule has 0 saturated heterocycles. The first-order valence-electron chi connectivity index (χ1n) is 6.65. The van der Waals surface area contributed by atoms with Crippen molar-refractivity contribution in [3.8, 4) is 0 Å². The molecule has 0 radical (unpaired) electrons. The Morgan fingerprint density at radius 1 is 1.40 bits per heavy atom. The molecule has 4 nitrogen and oxygen atoms in total. The Bertz CT molecular complexity index is 495. The van der Waals surface area contributed by atoms with Crippen molar-refractivity contribution in [2.45, 2.75) is 26.2 Å². The summed E-state index contributed by atoms with van der Waals surface area (Å²) in [7, 11) is 1.96. The van der Waals surface area contributed by atoms with Crippen LogP contribution in [0.5, 0.6) is 0 Å². The molecular weight excluding hydrogens is 274 g/mol. The number of furan rings is 1. The lowest BCUT2D eigenvalue weighted by Gasteiger charge is -2.19. The molecule has 2 aromatic heterocycles. The summed E-state index contributed by atoms with van der Waals surface area (Å²) in [6.07, 6.45) is -0.490. The summed E-state index contributed by atoms with van der Waals surface area (Å²) in [5, 5.41) is 12.0. The summed E-state index contributed by atoms with van der Waals surface area (Å²) in [4.78, 5) is 3.20. The summed E-state index contributed by atoms with van der Waals surface area (Å²) >= 11 is 1.66. The minimum absolute atomic E-state index is 0.347. The van der Waals surface area contributed by atoms with Gasteiger partial charge in [-0.2, -0.15) is 0 Å². The molecule has 1 unspecified atom stereocenters. The SMILES string of the molecule is Cc1ccc(CN(C)CC(O)COCc2cccs2)o1. The molecule has 0 aliphatic rings. The highest BCUT2D eigenvalue weighted by molar-refractivity contribution is 7.09. The van der Waals surface area contributed by atoms with Gasteiger partial charge in [-0.1, -0.05) is 6.07 Å². The van der Waals surface area contributed by atoms with Gasteiger partial charge in [0.2, 0.25) is 0 Å². The van der Waals surface area contributed by atoms with Crippen molar-refractivity contribution in [3.63, 3.8) is 0 Å². The van der Waals surface area contributed by atoms with Gasteiger partial charge < -0.3 is 14.3 Å². The van der Waals surface area contributed by atoms with Crippen LogP contribution in [-0.4, -0.2) is 36.3 Å². The molecule has 0 bridgehead atoms. The van der Waals surface area contributed by atoms with Crippen LogP contribution < -0.4 is 0 Å². The normalized spacial score (nSPS) is 13.0. The van der Waals surface area contributed by atoms with Crippen molar-refractivity contribution in [1.82, 2.24) is 4.90 Å². The average molecular weight is 295 g/mol. The number of hydrogen-bond donors (Lipinski definition) is 1. The van der Waals surface area contributed by atoms with E-state index in [-0.39, 0.29) is 0 Å². The Balaban J connectivity index is 1.64. The fraction of sp³-hybridized carbons (Fsp3) is 0.467. The second kappa shape index (κ2) is 7.59. The van der Waals surface area contributed by atoms with Crippen LogP contribution in [-0.2, 0) is 17.9 Å². The summed E-state index contributed by atoms with van der Waals surface area (Å²) in [5.74, 6) is 1.82. The van der Waals surface area contributed by atoms with Gasteiger partial charge in [-0.15, -0.1) is 11.3 Å². The Labute approximate surface area is 123 Å². The van der Waals surface area contributed by atoms with Gasteiger partial charge >= 0.3 is 0 Å². The smallest absolute Gasteiger partial charge is 0.118 e. The molecule has 1 N–H and O–H groups in total. The molecule has 0 aromatic carbocycles. The first-order chi connectivity index (χ1) is 9.63. The number of hydrogen-bond acceptors (Lipinski definition) is 5. The molecule has 0 spiro atoms. The Kier molecular flexibility index (Phi) is 5.79. The number of thiophene rings is 1. The zero-order valence-corrected chi connectivity index (χ0v) is 12.7. The van der Waals surface area contributed by atoms with Crippen LogP contribution in [0.4, 0.5) is 0 Å². The van der Waals surface area contributed by atoms with E-state index < -0.39 is 6.10 Å². The quantitative estimate of drug-likeness (QED) is 0.813. The Morgan fingerprint density at radius 3 is 2.90 bits per heavy atom. The predicted molar refractivity (Wildman–Crippen MR) is 79.8 cm³/mol. The van der Waals surface area contributed by atoms with Crippen molar-refractivity contribution in [1.29, 1.82) is 0 Å². The van der Waals surface area contributed by atoms with E-state index in [1.807, 2.05) is 48.5 Å². The van der Waals surface area contributed by atoms with E-state index in [2.05, 4.69) is 0 Å². The fourth-order valence-corrected chi connectivity index (χ4v) is 2.64. The van der Waals surface area contributed by atoms with Crippen LogP contribution in [0, 0.1) is 6.92 Å². The lowest BCUT2D eigenvalue weighted by molar-refractivity contribution is 0.0127. The molecule has 2 rings (SSSR count). The molecule has 0 fully saturated rings. The number of nitrogens with zero attached hydrogens (tertiary/aromatic N) is 1. The zero-order chi connectivity index (χ0) is 14.4. The molecule has 0 saturated carbocycles. The highest BCUT2D eigenvalue weighted by Gasteiger charge is 2.10. The molecular formula is C15H21NO3S. The third-order valence-corrected chi connectivity index (χ3v) is 3.73. The second-order valence-electron chi connectivity index (χ2n) is 4.96. The second-order valence-corrected chi connectivity index (χ2v) is 5.99. The highest BCUT2D eigenvalue weighted by Crippen LogP contribution is 2.11. The number of aliphatic hydroxyl groups excluding tert-OH is 1. The Hall–Kier alpha value is -1.14. The number of ether oxygens (including phenoxy) is 1. The third kappa shape index (κ3) is 5.09. The standard InChI is InChI=1S/C15H21NO3S/c1-12-5-6-14(19-12)9-16(2)8-13(17)10-18-11-15-4-3-7-20-15/h3-7,13,17H,8-11H2,1-2H3. The van der Waals surface area contributed by atoms with Gasteiger partial charge in [0, 0.05) is 11.4 Å². The van der Waals surface area contributed by atoms with Gasteiger partial charge in [-0.05, 0) is 37.6 Å². The lowest BCUT2D eigenvalue weighted by atomic mass is 10.3. The average Bonchev–Trinajstić information content (AvgIpc) is 3.01. The summed E-state index contributed by atoms with van der Waals surface area (Å²) in [5.41, 5.74) is 0. The van der Waals surface area contributed by atoms with Crippen molar-refractivity contribution in [3.05, 3.63) is 46.0 Å². The van der Waals surface area contributed by atoms with Crippen LogP contribution in [0.3, 0.4) is 0 Å². The maximum absolute atomic E-state index is 9.94. The van der Waals surface area contributed by atoms with E-state index in [0.29, 0.717) is 26.3 Å². The van der Waals surface area contributed by atoms with Gasteiger partial charge in [-0.3, -0.25) is 4.90 Å². The minimum Gasteiger partial charge on any atom is -0.465 e. The van der Waals surface area contributed by atoms with Crippen LogP contribution in [0.2, 0.25) is 0 Å². The largest absolute Gasteiger partial charge is 0.465 e. The summed E-state index contributed by atoms with van der Waals surface area (Å²) < 4.78 is 11.0. The zero-order valence-electron chi connectivity index (χ0n) is 11.9. The third-order valence-electron chi connectivity index (χ3n) is 2.88. The molecule has 1 atom stereocenters. The van der Waals surface area contributed by atoms with Crippen molar-refractivity contribution >= 4 is 11.3 Å². The van der Waals surface area contributed by atoms with Gasteiger partial charge in [0.15, 0.2) is 0 Å². The summed E-state index contributed by atoms with van der Waals surface area (Å²) in [6, 6.07) is 7.94. The van der Waals surface area contributed by atoms with E-state index >= 15 is 0 Å². The Morgan fingerprint density at radius 2 is 2.25 bits per heavy atom. The van der Waals surface area contributed by atoms with Crippen molar-refractivity contribution in [2.24, 2.45) is 0 Å². The van der Waals surface area contributed by atoms with Gasteiger partial charge in [0.05, 0.1) is 25.9 Å². The first-order valence-corrected chi connectivity index (χ1v) is 7.53. The first kappa shape index (κ1) is 15.3. The number of aryl methyl sites for hydroxylation is 1. The molecule has 0 aliphatic heterocycles.